The van der Waals surface area contributed by atoms with Crippen molar-refractivity contribution in [3.8, 4) is 0 Å². The molecule has 0 aromatic carbocycles. The number of hydrogen-bond donors (Lipinski definition) is 3. The highest BCUT2D eigenvalue weighted by molar-refractivity contribution is 5.91. The van der Waals surface area contributed by atoms with Crippen LogP contribution in [0.4, 0.5) is 5.69 Å². The second kappa shape index (κ2) is 11.2. The Labute approximate surface area is 147 Å². The van der Waals surface area contributed by atoms with Crippen LogP contribution in [0.5, 0.6) is 0 Å². The van der Waals surface area contributed by atoms with Gasteiger partial charge >= 0.3 is 0 Å². The summed E-state index contributed by atoms with van der Waals surface area (Å²) >= 11 is 0. The molecule has 3 N–H and O–H groups in total. The van der Waals surface area contributed by atoms with Crippen LogP contribution in [0.1, 0.15) is 13.3 Å². The molecule has 1 aromatic heterocycles. The zero-order valence-corrected chi connectivity index (χ0v) is 14.4. The largest absolute Gasteiger partial charge is 0.375 e. The normalized spacial score (nSPS) is 19.7. The first kappa shape index (κ1) is 21.6. The van der Waals surface area contributed by atoms with Crippen molar-refractivity contribution >= 4 is 42.3 Å². The molecule has 1 aromatic rings. The molecule has 130 valence electrons. The number of nitrogens with one attached hydrogen (secondary N) is 3. The number of ether oxygens (including phenoxy) is 1. The van der Waals surface area contributed by atoms with Gasteiger partial charge in [-0.15, -0.1) is 24.8 Å². The fraction of sp³-hybridized carbons (Fsp3) is 0.500. The summed E-state index contributed by atoms with van der Waals surface area (Å²) < 4.78 is 5.41. The van der Waals surface area contributed by atoms with Gasteiger partial charge in [0, 0.05) is 37.6 Å². The molecule has 1 aliphatic rings. The van der Waals surface area contributed by atoms with Crippen LogP contribution in [0.25, 0.3) is 0 Å². The van der Waals surface area contributed by atoms with Crippen molar-refractivity contribution in [3.63, 3.8) is 0 Å². The number of aromatic nitrogens is 1. The van der Waals surface area contributed by atoms with E-state index in [2.05, 4.69) is 20.9 Å². The smallest absolute Gasteiger partial charge is 0.239 e. The summed E-state index contributed by atoms with van der Waals surface area (Å²) in [5, 5.41) is 8.58. The fourth-order valence-corrected chi connectivity index (χ4v) is 2.10. The zero-order valence-electron chi connectivity index (χ0n) is 12.8. The Hall–Kier alpha value is -1.41. The lowest BCUT2D eigenvalue weighted by Crippen LogP contribution is -2.55. The van der Waals surface area contributed by atoms with E-state index in [4.69, 9.17) is 4.74 Å². The van der Waals surface area contributed by atoms with Crippen LogP contribution in [0.2, 0.25) is 0 Å². The van der Waals surface area contributed by atoms with Gasteiger partial charge in [-0.25, -0.2) is 0 Å². The average Bonchev–Trinajstić information content (AvgIpc) is 2.48. The molecule has 0 radical (unpaired) electrons. The SMILES string of the molecule is C[C@H]1OCCN[C@@H]1C(=O)NCCC(=O)Nc1ccncc1.Cl.Cl. The average molecular weight is 365 g/mol. The van der Waals surface area contributed by atoms with Crippen molar-refractivity contribution in [2.24, 2.45) is 0 Å². The Morgan fingerprint density at radius 1 is 1.35 bits per heavy atom. The minimum Gasteiger partial charge on any atom is -0.375 e. The van der Waals surface area contributed by atoms with E-state index in [1.54, 1.807) is 24.5 Å². The summed E-state index contributed by atoms with van der Waals surface area (Å²) in [7, 11) is 0. The maximum atomic E-state index is 12.0. The topological polar surface area (TPSA) is 92.4 Å². The molecule has 23 heavy (non-hydrogen) atoms. The second-order valence-corrected chi connectivity index (χ2v) is 4.83. The van der Waals surface area contributed by atoms with Crippen LogP contribution in [0.3, 0.4) is 0 Å². The molecule has 0 unspecified atom stereocenters. The third kappa shape index (κ3) is 7.13. The number of rotatable bonds is 5. The zero-order chi connectivity index (χ0) is 15.1. The molecule has 2 atom stereocenters. The first-order chi connectivity index (χ1) is 10.2. The van der Waals surface area contributed by atoms with E-state index in [9.17, 15) is 9.59 Å². The van der Waals surface area contributed by atoms with Crippen LogP contribution >= 0.6 is 24.8 Å². The first-order valence-corrected chi connectivity index (χ1v) is 6.99. The quantitative estimate of drug-likeness (QED) is 0.716. The van der Waals surface area contributed by atoms with E-state index >= 15 is 0 Å². The lowest BCUT2D eigenvalue weighted by Gasteiger charge is -2.29. The summed E-state index contributed by atoms with van der Waals surface area (Å²) in [4.78, 5) is 27.5. The van der Waals surface area contributed by atoms with Gasteiger partial charge in [0.2, 0.25) is 11.8 Å². The lowest BCUT2D eigenvalue weighted by atomic mass is 10.1. The number of hydrogen-bond acceptors (Lipinski definition) is 5. The highest BCUT2D eigenvalue weighted by Gasteiger charge is 2.27. The van der Waals surface area contributed by atoms with E-state index in [1.165, 1.54) is 0 Å². The molecule has 1 aliphatic heterocycles. The van der Waals surface area contributed by atoms with Crippen molar-refractivity contribution in [3.05, 3.63) is 24.5 Å². The Morgan fingerprint density at radius 3 is 2.70 bits per heavy atom. The summed E-state index contributed by atoms with van der Waals surface area (Å²) in [5.74, 6) is -0.290. The second-order valence-electron chi connectivity index (χ2n) is 4.83. The third-order valence-electron chi connectivity index (χ3n) is 3.21. The number of carbonyl (C=O) groups is 2. The monoisotopic (exact) mass is 364 g/mol. The predicted octanol–water partition coefficient (Wildman–Crippen LogP) is 0.747. The fourth-order valence-electron chi connectivity index (χ4n) is 2.10. The third-order valence-corrected chi connectivity index (χ3v) is 3.21. The molecule has 9 heteroatoms. The van der Waals surface area contributed by atoms with Crippen LogP contribution in [0, 0.1) is 0 Å². The molecule has 0 bridgehead atoms. The van der Waals surface area contributed by atoms with Gasteiger partial charge in [0.1, 0.15) is 6.04 Å². The molecule has 1 saturated heterocycles. The molecule has 2 amide bonds. The summed E-state index contributed by atoms with van der Waals surface area (Å²) in [5.41, 5.74) is 0.692. The Kier molecular flexibility index (Phi) is 10.5. The molecule has 1 fully saturated rings. The lowest BCUT2D eigenvalue weighted by molar-refractivity contribution is -0.128. The van der Waals surface area contributed by atoms with Crippen molar-refractivity contribution in [2.45, 2.75) is 25.5 Å². The summed E-state index contributed by atoms with van der Waals surface area (Å²) in [6.45, 7) is 3.41. The Bertz CT molecular complexity index is 490. The van der Waals surface area contributed by atoms with Gasteiger partial charge in [0.05, 0.1) is 12.7 Å². The maximum absolute atomic E-state index is 12.0. The molecular formula is C14H22Cl2N4O3. The van der Waals surface area contributed by atoms with Gasteiger partial charge in [-0.2, -0.15) is 0 Å². The van der Waals surface area contributed by atoms with E-state index < -0.39 is 0 Å². The van der Waals surface area contributed by atoms with Crippen molar-refractivity contribution in [1.82, 2.24) is 15.6 Å². The molecule has 0 saturated carbocycles. The molecule has 2 heterocycles. The molecule has 0 aliphatic carbocycles. The molecule has 7 nitrogen and oxygen atoms in total. The van der Waals surface area contributed by atoms with E-state index in [0.29, 0.717) is 25.4 Å². The van der Waals surface area contributed by atoms with Gasteiger partial charge in [0.15, 0.2) is 0 Å². The van der Waals surface area contributed by atoms with E-state index in [1.807, 2.05) is 6.92 Å². The Balaban J connectivity index is 0.00000242. The summed E-state index contributed by atoms with van der Waals surface area (Å²) in [6.07, 6.45) is 3.27. The minimum absolute atomic E-state index is 0. The maximum Gasteiger partial charge on any atom is 0.239 e. The van der Waals surface area contributed by atoms with Gasteiger partial charge in [-0.3, -0.25) is 14.6 Å². The number of nitrogens with zero attached hydrogens (tertiary/aromatic N) is 1. The molecule has 0 spiro atoms. The van der Waals surface area contributed by atoms with Crippen LogP contribution in [0.15, 0.2) is 24.5 Å². The number of carbonyl (C=O) groups excluding carboxylic acids is 2. The minimum atomic E-state index is -0.359. The highest BCUT2D eigenvalue weighted by Crippen LogP contribution is 2.05. The highest BCUT2D eigenvalue weighted by atomic mass is 35.5. The first-order valence-electron chi connectivity index (χ1n) is 6.99. The predicted molar refractivity (Wildman–Crippen MR) is 92.2 cm³/mol. The van der Waals surface area contributed by atoms with Gasteiger partial charge in [-0.1, -0.05) is 0 Å². The summed E-state index contributed by atoms with van der Waals surface area (Å²) in [6, 6.07) is 3.06. The number of halogens is 2. The van der Waals surface area contributed by atoms with Crippen LogP contribution < -0.4 is 16.0 Å². The van der Waals surface area contributed by atoms with E-state index in [-0.39, 0.29) is 55.2 Å². The number of morpholine rings is 1. The van der Waals surface area contributed by atoms with Crippen LogP contribution in [-0.2, 0) is 14.3 Å². The number of anilines is 1. The number of pyridine rings is 1. The van der Waals surface area contributed by atoms with Gasteiger partial charge in [0.25, 0.3) is 0 Å². The van der Waals surface area contributed by atoms with Crippen LogP contribution in [-0.4, -0.2) is 48.6 Å². The Morgan fingerprint density at radius 2 is 2.04 bits per heavy atom. The standard InChI is InChI=1S/C14H20N4O3.2ClH/c1-10-13(16-8-9-21-10)14(20)17-7-4-12(19)18-11-2-5-15-6-3-11;;/h2-3,5-6,10,13,16H,4,7-9H2,1H3,(H,17,20)(H,15,18,19);2*1H/t10-,13+;;/m1../s1. The van der Waals surface area contributed by atoms with E-state index in [0.717, 1.165) is 0 Å². The van der Waals surface area contributed by atoms with Crippen molar-refractivity contribution < 1.29 is 14.3 Å². The van der Waals surface area contributed by atoms with Crippen molar-refractivity contribution in [1.29, 1.82) is 0 Å². The van der Waals surface area contributed by atoms with Gasteiger partial charge in [-0.05, 0) is 19.1 Å². The van der Waals surface area contributed by atoms with Crippen molar-refractivity contribution in [2.75, 3.05) is 25.0 Å². The number of amides is 2. The molecule has 2 rings (SSSR count). The molecular weight excluding hydrogens is 343 g/mol. The van der Waals surface area contributed by atoms with Gasteiger partial charge < -0.3 is 20.7 Å².